The number of benzene rings is 3. The number of nitro benzene ring substituents is 1. The van der Waals surface area contributed by atoms with Gasteiger partial charge in [-0.1, -0.05) is 41.9 Å². The number of rotatable bonds is 14. The van der Waals surface area contributed by atoms with E-state index in [-0.39, 0.29) is 36.3 Å². The first-order chi connectivity index (χ1) is 22.6. The number of allylic oxidation sites excluding steroid dienone is 1. The van der Waals surface area contributed by atoms with Gasteiger partial charge in [0.1, 0.15) is 12.4 Å². The van der Waals surface area contributed by atoms with Gasteiger partial charge in [0.05, 0.1) is 41.0 Å². The normalized spacial score (nSPS) is 14.2. The van der Waals surface area contributed by atoms with Crippen molar-refractivity contribution in [1.29, 1.82) is 0 Å². The summed E-state index contributed by atoms with van der Waals surface area (Å²) in [4.78, 5) is 36.0. The van der Waals surface area contributed by atoms with Crippen LogP contribution in [0.3, 0.4) is 0 Å². The summed E-state index contributed by atoms with van der Waals surface area (Å²) in [6, 6.07) is 15.6. The molecule has 15 heteroatoms. The maximum Gasteiger partial charge on any atom is 0.338 e. The molecule has 47 heavy (non-hydrogen) atoms. The van der Waals surface area contributed by atoms with Crippen molar-refractivity contribution >= 4 is 52.7 Å². The van der Waals surface area contributed by atoms with Gasteiger partial charge in [0, 0.05) is 23.4 Å². The number of ether oxygens (including phenoxy) is 4. The molecule has 3 N–H and O–H groups in total. The number of non-ortho nitro benzene ring substituents is 1. The second-order valence-corrected chi connectivity index (χ2v) is 10.7. The van der Waals surface area contributed by atoms with Crippen LogP contribution < -0.4 is 30.3 Å². The summed E-state index contributed by atoms with van der Waals surface area (Å²) in [6.07, 6.45) is 1.38. The Kier molecular flexibility index (Phi) is 12.1. The summed E-state index contributed by atoms with van der Waals surface area (Å²) >= 11 is 11.8. The predicted octanol–water partition coefficient (Wildman–Crippen LogP) is 5.11. The molecule has 13 nitrogen and oxygen atoms in total. The molecule has 1 amide bonds. The minimum Gasteiger partial charge on any atom is -0.490 e. The van der Waals surface area contributed by atoms with E-state index in [9.17, 15) is 19.7 Å². The maximum absolute atomic E-state index is 12.8. The van der Waals surface area contributed by atoms with E-state index in [1.807, 2.05) is 0 Å². The fourth-order valence-corrected chi connectivity index (χ4v) is 5.14. The molecule has 3 aromatic rings. The topological polar surface area (TPSA) is 163 Å². The van der Waals surface area contributed by atoms with E-state index in [1.54, 1.807) is 69.3 Å². The Morgan fingerprint density at radius 3 is 2.60 bits per heavy atom. The molecule has 4 rings (SSSR count). The zero-order valence-electron chi connectivity index (χ0n) is 25.7. The molecule has 0 aliphatic carbocycles. The van der Waals surface area contributed by atoms with E-state index in [0.29, 0.717) is 51.2 Å². The summed E-state index contributed by atoms with van der Waals surface area (Å²) in [5, 5.41) is 21.7. The van der Waals surface area contributed by atoms with Crippen molar-refractivity contribution in [2.24, 2.45) is 5.10 Å². The lowest BCUT2D eigenvalue weighted by atomic mass is 9.95. The molecule has 1 aliphatic rings. The van der Waals surface area contributed by atoms with Crippen molar-refractivity contribution in [1.82, 2.24) is 16.1 Å². The molecule has 1 aliphatic heterocycles. The Balaban J connectivity index is 1.41. The highest BCUT2D eigenvalue weighted by Gasteiger charge is 2.32. The lowest BCUT2D eigenvalue weighted by Gasteiger charge is -2.30. The van der Waals surface area contributed by atoms with E-state index in [0.717, 1.165) is 0 Å². The lowest BCUT2D eigenvalue weighted by molar-refractivity contribution is -0.384. The fourth-order valence-electron chi connectivity index (χ4n) is 4.59. The maximum atomic E-state index is 12.8. The molecule has 0 saturated carbocycles. The molecule has 3 aromatic carbocycles. The van der Waals surface area contributed by atoms with Gasteiger partial charge in [0.25, 0.3) is 11.6 Å². The number of para-hydroxylation sites is 1. The van der Waals surface area contributed by atoms with Crippen LogP contribution in [0.4, 0.5) is 5.69 Å². The van der Waals surface area contributed by atoms with Crippen LogP contribution in [-0.2, 0) is 20.9 Å². The van der Waals surface area contributed by atoms with Crippen LogP contribution >= 0.6 is 23.8 Å². The molecule has 0 unspecified atom stereocenters. The van der Waals surface area contributed by atoms with E-state index >= 15 is 0 Å². The van der Waals surface area contributed by atoms with Gasteiger partial charge in [-0.2, -0.15) is 5.10 Å². The number of hydrogen-bond donors (Lipinski definition) is 3. The molecule has 246 valence electrons. The highest BCUT2D eigenvalue weighted by atomic mass is 35.5. The highest BCUT2D eigenvalue weighted by molar-refractivity contribution is 7.80. The molecular weight excluding hydrogens is 650 g/mol. The number of nitro groups is 1. The summed E-state index contributed by atoms with van der Waals surface area (Å²) in [5.74, 6) is -0.106. The number of halogens is 1. The molecule has 0 bridgehead atoms. The van der Waals surface area contributed by atoms with Crippen molar-refractivity contribution in [2.45, 2.75) is 33.4 Å². The first-order valence-corrected chi connectivity index (χ1v) is 15.2. The van der Waals surface area contributed by atoms with Gasteiger partial charge in [-0.15, -0.1) is 0 Å². The Morgan fingerprint density at radius 2 is 1.85 bits per heavy atom. The van der Waals surface area contributed by atoms with E-state index in [1.165, 1.54) is 18.3 Å². The minimum atomic E-state index is -0.664. The second-order valence-electron chi connectivity index (χ2n) is 9.89. The van der Waals surface area contributed by atoms with E-state index in [2.05, 4.69) is 21.2 Å². The SMILES string of the molecule is CCOC(=O)C1=C(C)NC(=S)N[C@H]1c1ccccc1OCC(=O)NN=Cc1cc(Cl)c(OCc2cccc([N+](=O)[O-])c2)c(OCC)c1. The van der Waals surface area contributed by atoms with Gasteiger partial charge in [0.2, 0.25) is 0 Å². The van der Waals surface area contributed by atoms with Crippen LogP contribution in [0.25, 0.3) is 0 Å². The molecule has 1 atom stereocenters. The number of carbonyl (C=O) groups excluding carboxylic acids is 2. The monoisotopic (exact) mass is 681 g/mol. The van der Waals surface area contributed by atoms with Crippen molar-refractivity contribution in [2.75, 3.05) is 19.8 Å². The summed E-state index contributed by atoms with van der Waals surface area (Å²) < 4.78 is 22.6. The fraction of sp³-hybridized carbons (Fsp3) is 0.250. The van der Waals surface area contributed by atoms with Crippen LogP contribution in [0, 0.1) is 10.1 Å². The average molecular weight is 682 g/mol. The first kappa shape index (κ1) is 34.7. The van der Waals surface area contributed by atoms with Crippen molar-refractivity contribution in [3.63, 3.8) is 0 Å². The standard InChI is InChI=1S/C32H32ClN5O8S/c1-4-43-26-15-21(14-24(33)30(26)46-17-20-9-8-10-22(13-20)38(41)42)16-34-37-27(39)18-45-25-12-7-6-11-23(25)29-28(31(40)44-5-2)19(3)35-32(47)36-29/h6-16,29H,4-5,17-18H2,1-3H3,(H,37,39)(H2,35,36,47)/t29-/m0/s1. The lowest BCUT2D eigenvalue weighted by Crippen LogP contribution is -2.45. The summed E-state index contributed by atoms with van der Waals surface area (Å²) in [7, 11) is 0. The highest BCUT2D eigenvalue weighted by Crippen LogP contribution is 2.37. The third kappa shape index (κ3) is 9.17. The van der Waals surface area contributed by atoms with Crippen LogP contribution in [0.5, 0.6) is 17.2 Å². The molecule has 0 radical (unpaired) electrons. The van der Waals surface area contributed by atoms with Gasteiger partial charge in [0.15, 0.2) is 23.2 Å². The summed E-state index contributed by atoms with van der Waals surface area (Å²) in [6.45, 7) is 5.40. The number of thiocarbonyl (C=S) groups is 1. The van der Waals surface area contributed by atoms with Crippen molar-refractivity contribution in [3.8, 4) is 17.2 Å². The van der Waals surface area contributed by atoms with Crippen LogP contribution in [0.1, 0.15) is 43.5 Å². The first-order valence-electron chi connectivity index (χ1n) is 14.4. The van der Waals surface area contributed by atoms with E-state index < -0.39 is 22.8 Å². The van der Waals surface area contributed by atoms with Gasteiger partial charge < -0.3 is 29.6 Å². The Hall–Kier alpha value is -5.21. The Labute approximate surface area is 281 Å². The smallest absolute Gasteiger partial charge is 0.338 e. The quantitative estimate of drug-likeness (QED) is 0.0681. The Morgan fingerprint density at radius 1 is 1.06 bits per heavy atom. The zero-order chi connectivity index (χ0) is 33.9. The van der Waals surface area contributed by atoms with Crippen LogP contribution in [-0.4, -0.2) is 47.9 Å². The zero-order valence-corrected chi connectivity index (χ0v) is 27.3. The molecule has 0 saturated heterocycles. The van der Waals surface area contributed by atoms with Crippen LogP contribution in [0.15, 0.2) is 77.0 Å². The number of nitrogens with zero attached hydrogens (tertiary/aromatic N) is 2. The number of nitrogens with one attached hydrogen (secondary N) is 3. The second kappa shape index (κ2) is 16.4. The van der Waals surface area contributed by atoms with Crippen molar-refractivity contribution in [3.05, 3.63) is 104 Å². The third-order valence-electron chi connectivity index (χ3n) is 6.59. The number of amides is 1. The van der Waals surface area contributed by atoms with Gasteiger partial charge in [-0.25, -0.2) is 10.2 Å². The molecule has 0 spiro atoms. The molecule has 1 heterocycles. The third-order valence-corrected chi connectivity index (χ3v) is 7.09. The molecular formula is C32H32ClN5O8S. The van der Waals surface area contributed by atoms with Gasteiger partial charge >= 0.3 is 5.97 Å². The number of carbonyl (C=O) groups is 2. The number of hydrazone groups is 1. The molecule has 0 fully saturated rings. The number of hydrogen-bond acceptors (Lipinski definition) is 10. The summed E-state index contributed by atoms with van der Waals surface area (Å²) in [5.41, 5.74) is 4.93. The van der Waals surface area contributed by atoms with Crippen molar-refractivity contribution < 1.29 is 33.5 Å². The molecule has 0 aromatic heterocycles. The van der Waals surface area contributed by atoms with Crippen LogP contribution in [0.2, 0.25) is 5.02 Å². The number of esters is 1. The van der Waals surface area contributed by atoms with Gasteiger partial charge in [-0.3, -0.25) is 14.9 Å². The Bertz CT molecular complexity index is 1730. The van der Waals surface area contributed by atoms with Gasteiger partial charge in [-0.05, 0) is 62.3 Å². The predicted molar refractivity (Wildman–Crippen MR) is 179 cm³/mol. The van der Waals surface area contributed by atoms with E-state index in [4.69, 9.17) is 42.8 Å². The minimum absolute atomic E-state index is 0.0223. The largest absolute Gasteiger partial charge is 0.490 e. The average Bonchev–Trinajstić information content (AvgIpc) is 3.03.